The number of para-hydroxylation sites is 1. The zero-order valence-corrected chi connectivity index (χ0v) is 20.0. The van der Waals surface area contributed by atoms with Crippen molar-refractivity contribution >= 4 is 56.8 Å². The Labute approximate surface area is 204 Å². The Bertz CT molecular complexity index is 1200. The van der Waals surface area contributed by atoms with Gasteiger partial charge in [-0.15, -0.1) is 0 Å². The van der Waals surface area contributed by atoms with E-state index in [1.807, 2.05) is 30.3 Å². The summed E-state index contributed by atoms with van der Waals surface area (Å²) in [4.78, 5) is 12.7. The average molecular weight is 532 g/mol. The molecule has 0 aliphatic heterocycles. The minimum atomic E-state index is -0.627. The van der Waals surface area contributed by atoms with Crippen LogP contribution in [-0.2, 0) is 11.4 Å². The van der Waals surface area contributed by atoms with Gasteiger partial charge in [0.1, 0.15) is 18.2 Å². The second-order valence-corrected chi connectivity index (χ2v) is 8.22. The van der Waals surface area contributed by atoms with Crippen molar-refractivity contribution in [2.75, 3.05) is 12.4 Å². The first-order valence-corrected chi connectivity index (χ1v) is 10.9. The summed E-state index contributed by atoms with van der Waals surface area (Å²) in [6.07, 6.45) is 1.44. The molecule has 0 spiro atoms. The minimum absolute atomic E-state index is 0.136. The maximum absolute atomic E-state index is 12.7. The van der Waals surface area contributed by atoms with Gasteiger partial charge in [-0.3, -0.25) is 4.79 Å². The third-order valence-electron chi connectivity index (χ3n) is 4.39. The zero-order valence-electron chi connectivity index (χ0n) is 16.9. The Morgan fingerprint density at radius 3 is 2.53 bits per heavy atom. The van der Waals surface area contributed by atoms with Crippen molar-refractivity contribution in [2.24, 2.45) is 0 Å². The molecule has 0 aliphatic rings. The number of nitrogens with one attached hydrogen (secondary N) is 1. The van der Waals surface area contributed by atoms with Crippen LogP contribution in [0.15, 0.2) is 70.7 Å². The Hall–Kier alpha value is -2.98. The van der Waals surface area contributed by atoms with Gasteiger partial charge in [-0.2, -0.15) is 5.26 Å². The Kier molecular flexibility index (Phi) is 8.18. The van der Waals surface area contributed by atoms with Crippen LogP contribution >= 0.6 is 39.1 Å². The Morgan fingerprint density at radius 2 is 1.84 bits per heavy atom. The van der Waals surface area contributed by atoms with Crippen LogP contribution in [0.5, 0.6) is 11.5 Å². The molecule has 0 aromatic heterocycles. The van der Waals surface area contributed by atoms with Crippen LogP contribution in [0, 0.1) is 11.3 Å². The number of carbonyl (C=O) groups excluding carboxylic acids is 1. The second-order valence-electron chi connectivity index (χ2n) is 6.52. The van der Waals surface area contributed by atoms with Crippen molar-refractivity contribution in [3.63, 3.8) is 0 Å². The molecule has 3 aromatic rings. The molecule has 0 radical (unpaired) electrons. The molecule has 0 unspecified atom stereocenters. The number of amides is 1. The van der Waals surface area contributed by atoms with E-state index in [0.717, 1.165) is 10.0 Å². The molecule has 1 amide bonds. The molecule has 0 atom stereocenters. The van der Waals surface area contributed by atoms with E-state index in [9.17, 15) is 10.1 Å². The lowest BCUT2D eigenvalue weighted by molar-refractivity contribution is -0.112. The number of hydrogen-bond donors (Lipinski definition) is 1. The molecule has 0 fully saturated rings. The molecule has 0 aliphatic carbocycles. The predicted octanol–water partition coefficient (Wildman–Crippen LogP) is 6.89. The average Bonchev–Trinajstić information content (AvgIpc) is 2.80. The fourth-order valence-corrected chi connectivity index (χ4v) is 3.40. The van der Waals surface area contributed by atoms with Crippen molar-refractivity contribution in [3.05, 3.63) is 91.9 Å². The highest BCUT2D eigenvalue weighted by atomic mass is 79.9. The maximum atomic E-state index is 12.7. The lowest BCUT2D eigenvalue weighted by Gasteiger charge is -2.14. The van der Waals surface area contributed by atoms with E-state index >= 15 is 0 Å². The molecule has 3 aromatic carbocycles. The molecular weight excluding hydrogens is 515 g/mol. The lowest BCUT2D eigenvalue weighted by Crippen LogP contribution is -2.14. The number of methoxy groups -OCH3 is 1. The van der Waals surface area contributed by atoms with Crippen LogP contribution in [-0.4, -0.2) is 13.0 Å². The van der Waals surface area contributed by atoms with Gasteiger partial charge in [0.2, 0.25) is 0 Å². The highest BCUT2D eigenvalue weighted by Crippen LogP contribution is 2.34. The summed E-state index contributed by atoms with van der Waals surface area (Å²) in [5, 5.41) is 12.7. The summed E-state index contributed by atoms with van der Waals surface area (Å²) >= 11 is 15.5. The largest absolute Gasteiger partial charge is 0.493 e. The second kappa shape index (κ2) is 11.1. The van der Waals surface area contributed by atoms with E-state index in [1.54, 1.807) is 36.4 Å². The number of nitriles is 1. The fourth-order valence-electron chi connectivity index (χ4n) is 2.79. The molecular formula is C24H17BrCl2N2O3. The summed E-state index contributed by atoms with van der Waals surface area (Å²) in [5.41, 5.74) is 1.64. The van der Waals surface area contributed by atoms with Crippen molar-refractivity contribution in [1.29, 1.82) is 5.26 Å². The van der Waals surface area contributed by atoms with Crippen molar-refractivity contribution in [3.8, 4) is 17.6 Å². The molecule has 0 heterocycles. The number of carbonyl (C=O) groups is 1. The van der Waals surface area contributed by atoms with E-state index in [1.165, 1.54) is 13.2 Å². The van der Waals surface area contributed by atoms with Crippen LogP contribution in [0.1, 0.15) is 11.1 Å². The predicted molar refractivity (Wildman–Crippen MR) is 130 cm³/mol. The zero-order chi connectivity index (χ0) is 23.1. The standard InChI is InChI=1S/C24H17BrCl2N2O3/c1-31-21-7-2-4-16(23(21)32-14-15-8-10-18(25)11-9-15)12-17(13-28)24(30)29-20-6-3-5-19(26)22(20)27/h2-12H,14H2,1H3,(H,29,30)/b17-12+. The van der Waals surface area contributed by atoms with Gasteiger partial charge in [0.05, 0.1) is 22.8 Å². The Morgan fingerprint density at radius 1 is 1.12 bits per heavy atom. The van der Waals surface area contributed by atoms with Gasteiger partial charge in [0, 0.05) is 10.0 Å². The monoisotopic (exact) mass is 530 g/mol. The first-order chi connectivity index (χ1) is 15.4. The van der Waals surface area contributed by atoms with Gasteiger partial charge in [0.15, 0.2) is 11.5 Å². The van der Waals surface area contributed by atoms with Gasteiger partial charge in [0.25, 0.3) is 5.91 Å². The summed E-state index contributed by atoms with van der Waals surface area (Å²) in [6.45, 7) is 0.278. The topological polar surface area (TPSA) is 71.3 Å². The maximum Gasteiger partial charge on any atom is 0.266 e. The number of rotatable bonds is 7. The van der Waals surface area contributed by atoms with Crippen LogP contribution in [0.25, 0.3) is 6.08 Å². The van der Waals surface area contributed by atoms with Crippen molar-refractivity contribution in [1.82, 2.24) is 0 Å². The Balaban J connectivity index is 1.89. The molecule has 32 heavy (non-hydrogen) atoms. The number of halogens is 3. The molecule has 3 rings (SSSR count). The van der Waals surface area contributed by atoms with E-state index in [4.69, 9.17) is 32.7 Å². The first kappa shape index (κ1) is 23.7. The van der Waals surface area contributed by atoms with Gasteiger partial charge in [-0.05, 0) is 42.0 Å². The van der Waals surface area contributed by atoms with Crippen LogP contribution in [0.4, 0.5) is 5.69 Å². The van der Waals surface area contributed by atoms with Gasteiger partial charge >= 0.3 is 0 Å². The van der Waals surface area contributed by atoms with E-state index < -0.39 is 5.91 Å². The summed E-state index contributed by atoms with van der Waals surface area (Å²) in [6, 6.07) is 19.7. The quantitative estimate of drug-likeness (QED) is 0.266. The number of ether oxygens (including phenoxy) is 2. The molecule has 162 valence electrons. The minimum Gasteiger partial charge on any atom is -0.493 e. The lowest BCUT2D eigenvalue weighted by atomic mass is 10.1. The normalized spacial score (nSPS) is 10.9. The van der Waals surface area contributed by atoms with Gasteiger partial charge < -0.3 is 14.8 Å². The summed E-state index contributed by atoms with van der Waals surface area (Å²) in [7, 11) is 1.52. The molecule has 0 bridgehead atoms. The highest BCUT2D eigenvalue weighted by Gasteiger charge is 2.16. The fraction of sp³-hybridized carbons (Fsp3) is 0.0833. The third kappa shape index (κ3) is 5.83. The smallest absolute Gasteiger partial charge is 0.266 e. The van der Waals surface area contributed by atoms with E-state index in [2.05, 4.69) is 21.2 Å². The number of benzene rings is 3. The van der Waals surface area contributed by atoms with Crippen LogP contribution in [0.3, 0.4) is 0 Å². The van der Waals surface area contributed by atoms with E-state index in [0.29, 0.717) is 27.8 Å². The van der Waals surface area contributed by atoms with Crippen LogP contribution in [0.2, 0.25) is 10.0 Å². The molecule has 0 saturated carbocycles. The first-order valence-electron chi connectivity index (χ1n) is 9.34. The third-order valence-corrected chi connectivity index (χ3v) is 5.74. The SMILES string of the molecule is COc1cccc(/C=C(\C#N)C(=O)Nc2cccc(Cl)c2Cl)c1OCc1ccc(Br)cc1. The summed E-state index contributed by atoms with van der Waals surface area (Å²) in [5.74, 6) is 0.268. The number of hydrogen-bond acceptors (Lipinski definition) is 4. The molecule has 1 N–H and O–H groups in total. The van der Waals surface area contributed by atoms with Crippen molar-refractivity contribution < 1.29 is 14.3 Å². The van der Waals surface area contributed by atoms with Gasteiger partial charge in [-0.25, -0.2) is 0 Å². The molecule has 0 saturated heterocycles. The molecule has 8 heteroatoms. The van der Waals surface area contributed by atoms with Gasteiger partial charge in [-0.1, -0.05) is 69.5 Å². The summed E-state index contributed by atoms with van der Waals surface area (Å²) < 4.78 is 12.4. The van der Waals surface area contributed by atoms with Crippen LogP contribution < -0.4 is 14.8 Å². The van der Waals surface area contributed by atoms with Crippen molar-refractivity contribution in [2.45, 2.75) is 6.61 Å². The molecule has 5 nitrogen and oxygen atoms in total. The highest BCUT2D eigenvalue weighted by molar-refractivity contribution is 9.10. The number of nitrogens with zero attached hydrogens (tertiary/aromatic N) is 1. The number of anilines is 1. The van der Waals surface area contributed by atoms with E-state index in [-0.39, 0.29) is 17.2 Å².